The number of fused-ring (bicyclic) bond motifs is 1. The number of aromatic nitrogens is 1. The van der Waals surface area contributed by atoms with Gasteiger partial charge in [-0.05, 0) is 68.3 Å². The molecule has 0 N–H and O–H groups in total. The minimum Gasteiger partial charge on any atom is -0.435 e. The average molecular weight is 495 g/mol. The summed E-state index contributed by atoms with van der Waals surface area (Å²) in [6.45, 7) is 6.76. The lowest BCUT2D eigenvalue weighted by Gasteiger charge is -2.39. The van der Waals surface area contributed by atoms with Crippen LogP contribution >= 0.6 is 0 Å². The molecule has 0 radical (unpaired) electrons. The molecule has 0 saturated carbocycles. The van der Waals surface area contributed by atoms with Crippen LogP contribution in [0.4, 0.5) is 11.4 Å². The second-order valence-corrected chi connectivity index (χ2v) is 10.5. The van der Waals surface area contributed by atoms with Crippen molar-refractivity contribution in [3.63, 3.8) is 0 Å². The van der Waals surface area contributed by atoms with Gasteiger partial charge in [0.1, 0.15) is 5.52 Å². The molecule has 0 atom stereocenters. The molecule has 3 nitrogen and oxygen atoms in total. The number of hydrogen-bond donors (Lipinski definition) is 0. The quantitative estimate of drug-likeness (QED) is 0.239. The van der Waals surface area contributed by atoms with Crippen LogP contribution in [0.15, 0.2) is 132 Å². The van der Waals surface area contributed by atoms with Crippen molar-refractivity contribution in [2.75, 3.05) is 4.90 Å². The minimum atomic E-state index is -0.164. The normalized spacial score (nSPS) is 11.6. The lowest BCUT2D eigenvalue weighted by Crippen LogP contribution is -2.37. The van der Waals surface area contributed by atoms with E-state index in [-0.39, 0.29) is 5.54 Å². The van der Waals surface area contributed by atoms with Crippen LogP contribution in [0.2, 0.25) is 0 Å². The van der Waals surface area contributed by atoms with Gasteiger partial charge in [0, 0.05) is 33.6 Å². The highest BCUT2D eigenvalue weighted by Crippen LogP contribution is 2.41. The summed E-state index contributed by atoms with van der Waals surface area (Å²) in [5, 5.41) is 0. The second kappa shape index (κ2) is 9.68. The Hall–Kier alpha value is -4.63. The summed E-state index contributed by atoms with van der Waals surface area (Å²) in [5.41, 5.74) is 9.29. The van der Waals surface area contributed by atoms with Crippen molar-refractivity contribution in [1.29, 1.82) is 0 Å². The Morgan fingerprint density at radius 1 is 0.579 bits per heavy atom. The summed E-state index contributed by atoms with van der Waals surface area (Å²) in [4.78, 5) is 7.21. The summed E-state index contributed by atoms with van der Waals surface area (Å²) in [5.74, 6) is 0.636. The zero-order valence-electron chi connectivity index (χ0n) is 21.9. The van der Waals surface area contributed by atoms with Crippen LogP contribution in [0.25, 0.3) is 44.8 Å². The van der Waals surface area contributed by atoms with Gasteiger partial charge in [0.05, 0.1) is 0 Å². The third-order valence-corrected chi connectivity index (χ3v) is 6.75. The van der Waals surface area contributed by atoms with Gasteiger partial charge in [0.15, 0.2) is 5.58 Å². The number of oxazole rings is 1. The molecule has 0 amide bonds. The van der Waals surface area contributed by atoms with E-state index in [1.807, 2.05) is 42.5 Å². The molecule has 0 aliphatic heterocycles. The monoisotopic (exact) mass is 494 g/mol. The summed E-state index contributed by atoms with van der Waals surface area (Å²) >= 11 is 0. The standard InChI is InChI=1S/C35H30N2O/c1-35(2,3)37(32-23-11-10-20-29(32)25-14-6-4-7-15-25)28-19-12-18-27(24-28)30-21-13-22-31-33(30)38-34(36-31)26-16-8-5-9-17-26/h4-24H,1-3H3. The SMILES string of the molecule is CC(C)(C)N(c1cccc(-c2cccc3nc(-c4ccccc4)oc23)c1)c1ccccc1-c1ccccc1. The Morgan fingerprint density at radius 2 is 1.18 bits per heavy atom. The Kier molecular flexibility index (Phi) is 6.05. The lowest BCUT2D eigenvalue weighted by molar-refractivity contribution is 0.561. The van der Waals surface area contributed by atoms with Crippen LogP contribution in [0.3, 0.4) is 0 Å². The van der Waals surface area contributed by atoms with Gasteiger partial charge in [-0.25, -0.2) is 4.98 Å². The summed E-state index contributed by atoms with van der Waals surface area (Å²) in [6, 6.07) is 44.2. The number of anilines is 2. The molecule has 0 fully saturated rings. The number of rotatable bonds is 5. The molecule has 1 heterocycles. The Labute approximate surface area is 224 Å². The molecule has 0 unspecified atom stereocenters. The van der Waals surface area contributed by atoms with E-state index in [2.05, 4.69) is 111 Å². The van der Waals surface area contributed by atoms with Crippen LogP contribution < -0.4 is 4.90 Å². The van der Waals surface area contributed by atoms with E-state index in [9.17, 15) is 0 Å². The van der Waals surface area contributed by atoms with Gasteiger partial charge >= 0.3 is 0 Å². The van der Waals surface area contributed by atoms with Crippen molar-refractivity contribution in [2.45, 2.75) is 26.3 Å². The van der Waals surface area contributed by atoms with Crippen LogP contribution in [-0.4, -0.2) is 10.5 Å². The number of para-hydroxylation sites is 2. The van der Waals surface area contributed by atoms with Gasteiger partial charge < -0.3 is 9.32 Å². The van der Waals surface area contributed by atoms with E-state index in [4.69, 9.17) is 9.40 Å². The smallest absolute Gasteiger partial charge is 0.227 e. The van der Waals surface area contributed by atoms with Crippen molar-refractivity contribution in [1.82, 2.24) is 4.98 Å². The molecule has 0 aliphatic carbocycles. The van der Waals surface area contributed by atoms with Gasteiger partial charge in [-0.1, -0.05) is 91.0 Å². The molecule has 6 aromatic rings. The Balaban J connectivity index is 1.48. The van der Waals surface area contributed by atoms with Crippen LogP contribution in [0, 0.1) is 0 Å². The van der Waals surface area contributed by atoms with Gasteiger partial charge in [0.2, 0.25) is 5.89 Å². The van der Waals surface area contributed by atoms with E-state index in [0.29, 0.717) is 5.89 Å². The molecule has 6 rings (SSSR count). The predicted octanol–water partition coefficient (Wildman–Crippen LogP) is 9.77. The van der Waals surface area contributed by atoms with Crippen LogP contribution in [0.5, 0.6) is 0 Å². The van der Waals surface area contributed by atoms with Gasteiger partial charge in [-0.15, -0.1) is 0 Å². The first-order chi connectivity index (χ1) is 18.5. The highest BCUT2D eigenvalue weighted by atomic mass is 16.3. The summed E-state index contributed by atoms with van der Waals surface area (Å²) in [7, 11) is 0. The fourth-order valence-electron chi connectivity index (χ4n) is 5.11. The molecular formula is C35H30N2O. The average Bonchev–Trinajstić information content (AvgIpc) is 3.39. The van der Waals surface area contributed by atoms with E-state index in [1.165, 1.54) is 16.8 Å². The van der Waals surface area contributed by atoms with Gasteiger partial charge in [-0.3, -0.25) is 0 Å². The fraction of sp³-hybridized carbons (Fsp3) is 0.114. The lowest BCUT2D eigenvalue weighted by atomic mass is 9.96. The zero-order valence-corrected chi connectivity index (χ0v) is 21.9. The third-order valence-electron chi connectivity index (χ3n) is 6.75. The van der Waals surface area contributed by atoms with Crippen molar-refractivity contribution in [2.24, 2.45) is 0 Å². The molecule has 5 aromatic carbocycles. The van der Waals surface area contributed by atoms with Crippen molar-refractivity contribution < 1.29 is 4.42 Å². The topological polar surface area (TPSA) is 29.3 Å². The molecule has 0 saturated heterocycles. The first kappa shape index (κ1) is 23.7. The summed E-state index contributed by atoms with van der Waals surface area (Å²) < 4.78 is 6.34. The van der Waals surface area contributed by atoms with Gasteiger partial charge in [-0.2, -0.15) is 0 Å². The minimum absolute atomic E-state index is 0.164. The van der Waals surface area contributed by atoms with Crippen molar-refractivity contribution >= 4 is 22.5 Å². The fourth-order valence-corrected chi connectivity index (χ4v) is 5.11. The Bertz CT molecular complexity index is 1700. The van der Waals surface area contributed by atoms with Crippen LogP contribution in [0.1, 0.15) is 20.8 Å². The number of benzene rings is 5. The van der Waals surface area contributed by atoms with E-state index >= 15 is 0 Å². The molecule has 0 aliphatic rings. The largest absolute Gasteiger partial charge is 0.435 e. The molecule has 38 heavy (non-hydrogen) atoms. The third kappa shape index (κ3) is 4.48. The van der Waals surface area contributed by atoms with Crippen LogP contribution in [-0.2, 0) is 0 Å². The van der Waals surface area contributed by atoms with Crippen molar-refractivity contribution in [3.8, 4) is 33.7 Å². The van der Waals surface area contributed by atoms with E-state index in [1.54, 1.807) is 0 Å². The zero-order chi connectivity index (χ0) is 26.1. The van der Waals surface area contributed by atoms with Gasteiger partial charge in [0.25, 0.3) is 0 Å². The first-order valence-corrected chi connectivity index (χ1v) is 13.0. The molecule has 0 spiro atoms. The highest BCUT2D eigenvalue weighted by molar-refractivity contribution is 5.93. The molecular weight excluding hydrogens is 464 g/mol. The van der Waals surface area contributed by atoms with E-state index in [0.717, 1.165) is 33.5 Å². The highest BCUT2D eigenvalue weighted by Gasteiger charge is 2.26. The van der Waals surface area contributed by atoms with Crippen molar-refractivity contribution in [3.05, 3.63) is 127 Å². The Morgan fingerprint density at radius 3 is 1.92 bits per heavy atom. The predicted molar refractivity (Wildman–Crippen MR) is 159 cm³/mol. The number of hydrogen-bond acceptors (Lipinski definition) is 3. The maximum atomic E-state index is 6.34. The second-order valence-electron chi connectivity index (χ2n) is 10.5. The molecule has 0 bridgehead atoms. The maximum absolute atomic E-state index is 6.34. The molecule has 3 heteroatoms. The number of nitrogens with zero attached hydrogens (tertiary/aromatic N) is 2. The van der Waals surface area contributed by atoms with E-state index < -0.39 is 0 Å². The molecule has 186 valence electrons. The molecule has 1 aromatic heterocycles. The first-order valence-electron chi connectivity index (χ1n) is 13.0. The maximum Gasteiger partial charge on any atom is 0.227 e. The summed E-state index contributed by atoms with van der Waals surface area (Å²) in [6.07, 6.45) is 0.